The van der Waals surface area contributed by atoms with Gasteiger partial charge in [-0.3, -0.25) is 0 Å². The number of fused-ring (bicyclic) bond motifs is 2. The Kier molecular flexibility index (Phi) is 3.47. The SMILES string of the molecule is Cc1ccc(Nc2ccc3ncc(-c4ccc5[nH]ccc5c4)n3n2)cc1C. The number of rotatable bonds is 3. The van der Waals surface area contributed by atoms with Crippen LogP contribution in [0.25, 0.3) is 27.8 Å². The summed E-state index contributed by atoms with van der Waals surface area (Å²) in [5.74, 6) is 0.785. The fourth-order valence-corrected chi connectivity index (χ4v) is 3.32. The van der Waals surface area contributed by atoms with Crippen LogP contribution in [0.4, 0.5) is 11.5 Å². The minimum absolute atomic E-state index is 0.785. The van der Waals surface area contributed by atoms with Crippen LogP contribution >= 0.6 is 0 Å². The summed E-state index contributed by atoms with van der Waals surface area (Å²) in [6.07, 6.45) is 3.82. The Morgan fingerprint density at radius 1 is 0.926 bits per heavy atom. The fourth-order valence-electron chi connectivity index (χ4n) is 3.32. The van der Waals surface area contributed by atoms with Gasteiger partial charge < -0.3 is 10.3 Å². The van der Waals surface area contributed by atoms with E-state index in [2.05, 4.69) is 71.6 Å². The molecule has 5 aromatic rings. The molecule has 0 saturated carbocycles. The quantitative estimate of drug-likeness (QED) is 0.466. The first-order chi connectivity index (χ1) is 13.2. The zero-order valence-electron chi connectivity index (χ0n) is 15.2. The Labute approximate surface area is 156 Å². The second-order valence-corrected chi connectivity index (χ2v) is 6.84. The van der Waals surface area contributed by atoms with E-state index in [9.17, 15) is 0 Å². The van der Waals surface area contributed by atoms with Crippen LogP contribution in [0.1, 0.15) is 11.1 Å². The lowest BCUT2D eigenvalue weighted by Crippen LogP contribution is -2.00. The highest BCUT2D eigenvalue weighted by Gasteiger charge is 2.09. The predicted octanol–water partition coefficient (Wildman–Crippen LogP) is 5.24. The van der Waals surface area contributed by atoms with Crippen molar-refractivity contribution in [2.24, 2.45) is 0 Å². The monoisotopic (exact) mass is 353 g/mol. The van der Waals surface area contributed by atoms with Crippen LogP contribution < -0.4 is 5.32 Å². The van der Waals surface area contributed by atoms with Gasteiger partial charge in [0.2, 0.25) is 0 Å². The first kappa shape index (κ1) is 15.6. The summed E-state index contributed by atoms with van der Waals surface area (Å²) in [7, 11) is 0. The standard InChI is InChI=1S/C22H19N5/c1-14-3-5-18(11-15(14)2)25-21-7-8-22-24-13-20(27(22)26-21)17-4-6-19-16(12-17)9-10-23-19/h3-13,23H,1-2H3,(H,25,26). The number of aryl methyl sites for hydroxylation is 2. The zero-order valence-corrected chi connectivity index (χ0v) is 15.2. The van der Waals surface area contributed by atoms with Crippen molar-refractivity contribution in [2.75, 3.05) is 5.32 Å². The van der Waals surface area contributed by atoms with E-state index in [-0.39, 0.29) is 0 Å². The summed E-state index contributed by atoms with van der Waals surface area (Å²) in [6, 6.07) is 18.7. The Morgan fingerprint density at radius 2 is 1.85 bits per heavy atom. The smallest absolute Gasteiger partial charge is 0.154 e. The molecule has 132 valence electrons. The number of anilines is 2. The number of aromatic amines is 1. The second-order valence-electron chi connectivity index (χ2n) is 6.84. The first-order valence-electron chi connectivity index (χ1n) is 8.94. The van der Waals surface area contributed by atoms with Crippen molar-refractivity contribution in [3.8, 4) is 11.3 Å². The van der Waals surface area contributed by atoms with Gasteiger partial charge in [-0.15, -0.1) is 5.10 Å². The molecule has 27 heavy (non-hydrogen) atoms. The summed E-state index contributed by atoms with van der Waals surface area (Å²) < 4.78 is 1.89. The molecule has 0 spiro atoms. The van der Waals surface area contributed by atoms with Crippen LogP contribution in [-0.2, 0) is 0 Å². The first-order valence-corrected chi connectivity index (χ1v) is 8.94. The third-order valence-electron chi connectivity index (χ3n) is 4.99. The molecule has 0 radical (unpaired) electrons. The van der Waals surface area contributed by atoms with Gasteiger partial charge in [-0.2, -0.15) is 0 Å². The maximum Gasteiger partial charge on any atom is 0.154 e. The van der Waals surface area contributed by atoms with Gasteiger partial charge in [0.25, 0.3) is 0 Å². The van der Waals surface area contributed by atoms with Crippen LogP contribution in [-0.4, -0.2) is 19.6 Å². The molecular weight excluding hydrogens is 334 g/mol. The summed E-state index contributed by atoms with van der Waals surface area (Å²) >= 11 is 0. The van der Waals surface area contributed by atoms with E-state index in [1.54, 1.807) is 0 Å². The molecule has 0 saturated heterocycles. The van der Waals surface area contributed by atoms with E-state index in [4.69, 9.17) is 5.10 Å². The van der Waals surface area contributed by atoms with Crippen molar-refractivity contribution >= 4 is 28.1 Å². The Hall–Kier alpha value is -3.60. The largest absolute Gasteiger partial charge is 0.361 e. The van der Waals surface area contributed by atoms with Crippen molar-refractivity contribution in [3.05, 3.63) is 78.1 Å². The molecule has 5 rings (SSSR count). The van der Waals surface area contributed by atoms with Crippen LogP contribution in [0.5, 0.6) is 0 Å². The third kappa shape index (κ3) is 2.73. The molecule has 2 aromatic carbocycles. The van der Waals surface area contributed by atoms with Crippen LogP contribution in [0.2, 0.25) is 0 Å². The lowest BCUT2D eigenvalue weighted by molar-refractivity contribution is 0.949. The van der Waals surface area contributed by atoms with E-state index >= 15 is 0 Å². The highest BCUT2D eigenvalue weighted by molar-refractivity contribution is 5.84. The molecule has 5 heteroatoms. The van der Waals surface area contributed by atoms with E-state index in [1.807, 2.05) is 29.0 Å². The molecule has 0 aliphatic rings. The van der Waals surface area contributed by atoms with Gasteiger partial charge in [0.15, 0.2) is 11.5 Å². The van der Waals surface area contributed by atoms with Crippen LogP contribution in [0.15, 0.2) is 67.0 Å². The second kappa shape index (κ2) is 5.99. The highest BCUT2D eigenvalue weighted by atomic mass is 15.3. The van der Waals surface area contributed by atoms with Gasteiger partial charge in [-0.1, -0.05) is 12.1 Å². The zero-order chi connectivity index (χ0) is 18.4. The van der Waals surface area contributed by atoms with Crippen molar-refractivity contribution in [3.63, 3.8) is 0 Å². The number of hydrogen-bond donors (Lipinski definition) is 2. The van der Waals surface area contributed by atoms with E-state index in [0.717, 1.165) is 33.9 Å². The van der Waals surface area contributed by atoms with Gasteiger partial charge in [-0.05, 0) is 67.4 Å². The molecule has 0 unspecified atom stereocenters. The number of aromatic nitrogens is 4. The number of H-pyrrole nitrogens is 1. The predicted molar refractivity (Wildman–Crippen MR) is 109 cm³/mol. The Morgan fingerprint density at radius 3 is 2.74 bits per heavy atom. The lowest BCUT2D eigenvalue weighted by atomic mass is 10.1. The molecule has 0 amide bonds. The third-order valence-corrected chi connectivity index (χ3v) is 4.99. The Balaban J connectivity index is 1.56. The summed E-state index contributed by atoms with van der Waals surface area (Å²) in [5.41, 5.74) is 7.57. The van der Waals surface area contributed by atoms with E-state index in [1.165, 1.54) is 16.5 Å². The normalized spacial score (nSPS) is 11.3. The minimum atomic E-state index is 0.785. The molecule has 0 fully saturated rings. The average Bonchev–Trinajstić information content (AvgIpc) is 3.30. The molecule has 3 heterocycles. The fraction of sp³-hybridized carbons (Fsp3) is 0.0909. The highest BCUT2D eigenvalue weighted by Crippen LogP contribution is 2.25. The van der Waals surface area contributed by atoms with Gasteiger partial charge in [0, 0.05) is 28.4 Å². The Bertz CT molecular complexity index is 1280. The van der Waals surface area contributed by atoms with Crippen LogP contribution in [0, 0.1) is 13.8 Å². The summed E-state index contributed by atoms with van der Waals surface area (Å²) in [5, 5.41) is 9.33. The number of benzene rings is 2. The van der Waals surface area contributed by atoms with E-state index in [0.29, 0.717) is 0 Å². The van der Waals surface area contributed by atoms with E-state index < -0.39 is 0 Å². The number of nitrogens with zero attached hydrogens (tertiary/aromatic N) is 3. The van der Waals surface area contributed by atoms with Gasteiger partial charge in [0.1, 0.15) is 0 Å². The molecule has 0 atom stereocenters. The van der Waals surface area contributed by atoms with Gasteiger partial charge in [-0.25, -0.2) is 9.50 Å². The maximum atomic E-state index is 4.76. The van der Waals surface area contributed by atoms with Gasteiger partial charge >= 0.3 is 0 Å². The summed E-state index contributed by atoms with van der Waals surface area (Å²) in [6.45, 7) is 4.23. The van der Waals surface area contributed by atoms with Crippen molar-refractivity contribution in [1.82, 2.24) is 19.6 Å². The topological polar surface area (TPSA) is 58.0 Å². The summed E-state index contributed by atoms with van der Waals surface area (Å²) in [4.78, 5) is 7.73. The molecule has 0 bridgehead atoms. The average molecular weight is 353 g/mol. The molecule has 2 N–H and O–H groups in total. The number of imidazole rings is 1. The molecule has 0 aliphatic heterocycles. The number of hydrogen-bond acceptors (Lipinski definition) is 3. The van der Waals surface area contributed by atoms with Crippen LogP contribution in [0.3, 0.4) is 0 Å². The minimum Gasteiger partial charge on any atom is -0.361 e. The van der Waals surface area contributed by atoms with Gasteiger partial charge in [0.05, 0.1) is 11.9 Å². The van der Waals surface area contributed by atoms with Crippen molar-refractivity contribution in [1.29, 1.82) is 0 Å². The van der Waals surface area contributed by atoms with Crippen molar-refractivity contribution in [2.45, 2.75) is 13.8 Å². The number of nitrogens with one attached hydrogen (secondary N) is 2. The molecule has 3 aromatic heterocycles. The van der Waals surface area contributed by atoms with Crippen molar-refractivity contribution < 1.29 is 0 Å². The molecular formula is C22H19N5. The molecule has 0 aliphatic carbocycles. The molecule has 5 nitrogen and oxygen atoms in total. The maximum absolute atomic E-state index is 4.76. The lowest BCUT2D eigenvalue weighted by Gasteiger charge is -2.09.